The Bertz CT molecular complexity index is 807. The summed E-state index contributed by atoms with van der Waals surface area (Å²) in [5, 5.41) is 4.26. The maximum Gasteiger partial charge on any atom is 0.258 e. The summed E-state index contributed by atoms with van der Waals surface area (Å²) >= 11 is 0. The van der Waals surface area contributed by atoms with Crippen LogP contribution >= 0.6 is 0 Å². The highest BCUT2D eigenvalue weighted by Crippen LogP contribution is 2.32. The van der Waals surface area contributed by atoms with Crippen molar-refractivity contribution in [3.8, 4) is 0 Å². The molecular formula is C20H25N3O3. The molecule has 6 heteroatoms. The van der Waals surface area contributed by atoms with Crippen LogP contribution in [-0.4, -0.2) is 39.0 Å². The maximum atomic E-state index is 13.4. The molecule has 1 aliphatic carbocycles. The Balaban J connectivity index is 1.58. The molecule has 2 aromatic rings. The topological polar surface area (TPSA) is 68.3 Å². The molecule has 1 fully saturated rings. The van der Waals surface area contributed by atoms with Crippen molar-refractivity contribution in [1.82, 2.24) is 14.7 Å². The summed E-state index contributed by atoms with van der Waals surface area (Å²) < 4.78 is 7.70. The highest BCUT2D eigenvalue weighted by atomic mass is 16.3. The number of rotatable bonds is 4. The van der Waals surface area contributed by atoms with E-state index in [9.17, 15) is 9.59 Å². The molecule has 6 nitrogen and oxygen atoms in total. The summed E-state index contributed by atoms with van der Waals surface area (Å²) in [6.07, 6.45) is 9.81. The number of aryl methyl sites for hydroxylation is 3. The van der Waals surface area contributed by atoms with E-state index in [0.29, 0.717) is 29.1 Å². The molecule has 0 bridgehead atoms. The third-order valence-corrected chi connectivity index (χ3v) is 5.60. The number of Topliss-reactive ketones (excluding diaryl/α,β-unsaturated/α-hetero) is 1. The van der Waals surface area contributed by atoms with Crippen molar-refractivity contribution < 1.29 is 14.0 Å². The quantitative estimate of drug-likeness (QED) is 0.843. The zero-order valence-corrected chi connectivity index (χ0v) is 15.2. The first kappa shape index (κ1) is 17.1. The van der Waals surface area contributed by atoms with E-state index in [4.69, 9.17) is 4.42 Å². The van der Waals surface area contributed by atoms with Gasteiger partial charge in [0.1, 0.15) is 11.5 Å². The Hall–Kier alpha value is -2.37. The second kappa shape index (κ2) is 7.09. The second-order valence-corrected chi connectivity index (χ2v) is 7.31. The number of furan rings is 1. The second-order valence-electron chi connectivity index (χ2n) is 7.31. The van der Waals surface area contributed by atoms with Crippen LogP contribution in [0.4, 0.5) is 0 Å². The minimum absolute atomic E-state index is 0.0343. The van der Waals surface area contributed by atoms with Gasteiger partial charge < -0.3 is 9.32 Å². The van der Waals surface area contributed by atoms with Gasteiger partial charge in [-0.15, -0.1) is 0 Å². The molecule has 2 aliphatic rings. The molecule has 0 aromatic carbocycles. The number of hydrogen-bond donors (Lipinski definition) is 0. The van der Waals surface area contributed by atoms with E-state index in [-0.39, 0.29) is 17.7 Å². The predicted octanol–water partition coefficient (Wildman–Crippen LogP) is 3.39. The van der Waals surface area contributed by atoms with Crippen LogP contribution in [0.5, 0.6) is 0 Å². The number of fused-ring (bicyclic) bond motifs is 1. The summed E-state index contributed by atoms with van der Waals surface area (Å²) in [5.74, 6) is 1.31. The van der Waals surface area contributed by atoms with E-state index in [2.05, 4.69) is 5.10 Å². The summed E-state index contributed by atoms with van der Waals surface area (Å²) in [4.78, 5) is 27.8. The molecule has 0 radical (unpaired) electrons. The fraction of sp³-hybridized carbons (Fsp3) is 0.550. The van der Waals surface area contributed by atoms with Crippen molar-refractivity contribution in [3.63, 3.8) is 0 Å². The van der Waals surface area contributed by atoms with E-state index < -0.39 is 0 Å². The summed E-state index contributed by atoms with van der Waals surface area (Å²) in [6, 6.07) is 2.10. The van der Waals surface area contributed by atoms with Crippen molar-refractivity contribution in [2.45, 2.75) is 64.5 Å². The molecule has 1 atom stereocenters. The molecule has 1 saturated heterocycles. The first-order valence-electron chi connectivity index (χ1n) is 9.59. The number of piperidine rings is 1. The zero-order valence-electron chi connectivity index (χ0n) is 15.2. The van der Waals surface area contributed by atoms with E-state index >= 15 is 0 Å². The molecule has 138 valence electrons. The SMILES string of the molecule is Cc1oc2c(c1C(=O)N1CCCC[C@H]1CCn1cccn1)C(=O)CCC2. The van der Waals surface area contributed by atoms with Gasteiger partial charge in [-0.1, -0.05) is 0 Å². The van der Waals surface area contributed by atoms with Gasteiger partial charge in [-0.25, -0.2) is 0 Å². The van der Waals surface area contributed by atoms with Gasteiger partial charge in [0.05, 0.1) is 11.1 Å². The number of nitrogens with zero attached hydrogens (tertiary/aromatic N) is 3. The minimum atomic E-state index is -0.0343. The lowest BCUT2D eigenvalue weighted by molar-refractivity contribution is 0.0589. The van der Waals surface area contributed by atoms with Gasteiger partial charge in [0, 0.05) is 44.4 Å². The van der Waals surface area contributed by atoms with Crippen LogP contribution in [0, 0.1) is 6.92 Å². The Kier molecular flexibility index (Phi) is 4.66. The van der Waals surface area contributed by atoms with Gasteiger partial charge in [-0.05, 0) is 45.1 Å². The van der Waals surface area contributed by atoms with Crippen LogP contribution in [0.25, 0.3) is 0 Å². The maximum absolute atomic E-state index is 13.4. The fourth-order valence-corrected chi connectivity index (χ4v) is 4.29. The number of aromatic nitrogens is 2. The van der Waals surface area contributed by atoms with Gasteiger partial charge in [-0.3, -0.25) is 14.3 Å². The van der Waals surface area contributed by atoms with E-state index in [1.165, 1.54) is 0 Å². The molecule has 4 rings (SSSR count). The fourth-order valence-electron chi connectivity index (χ4n) is 4.29. The van der Waals surface area contributed by atoms with Gasteiger partial charge in [-0.2, -0.15) is 5.10 Å². The molecule has 0 saturated carbocycles. The Morgan fingerprint density at radius 1 is 1.31 bits per heavy atom. The summed E-state index contributed by atoms with van der Waals surface area (Å²) in [5.41, 5.74) is 1.06. The van der Waals surface area contributed by atoms with Crippen molar-refractivity contribution in [2.75, 3.05) is 6.54 Å². The third-order valence-electron chi connectivity index (χ3n) is 5.60. The zero-order chi connectivity index (χ0) is 18.1. The van der Waals surface area contributed by atoms with Crippen LogP contribution in [0.1, 0.15) is 70.8 Å². The Morgan fingerprint density at radius 2 is 2.19 bits per heavy atom. The van der Waals surface area contributed by atoms with Crippen molar-refractivity contribution >= 4 is 11.7 Å². The smallest absolute Gasteiger partial charge is 0.258 e. The summed E-state index contributed by atoms with van der Waals surface area (Å²) in [6.45, 7) is 3.35. The highest BCUT2D eigenvalue weighted by molar-refractivity contribution is 6.10. The van der Waals surface area contributed by atoms with Crippen LogP contribution < -0.4 is 0 Å². The number of likely N-dealkylation sites (tertiary alicyclic amines) is 1. The average molecular weight is 355 g/mol. The lowest BCUT2D eigenvalue weighted by Crippen LogP contribution is -2.44. The van der Waals surface area contributed by atoms with Crippen LogP contribution in [0.3, 0.4) is 0 Å². The molecule has 26 heavy (non-hydrogen) atoms. The van der Waals surface area contributed by atoms with E-state index in [1.54, 1.807) is 6.20 Å². The third kappa shape index (κ3) is 3.08. The minimum Gasteiger partial charge on any atom is -0.465 e. The van der Waals surface area contributed by atoms with Crippen LogP contribution in [0.15, 0.2) is 22.9 Å². The molecule has 0 unspecified atom stereocenters. The molecule has 0 N–H and O–H groups in total. The highest BCUT2D eigenvalue weighted by Gasteiger charge is 2.35. The first-order chi connectivity index (χ1) is 12.6. The molecule has 2 aromatic heterocycles. The van der Waals surface area contributed by atoms with Crippen molar-refractivity contribution in [3.05, 3.63) is 41.1 Å². The number of hydrogen-bond acceptors (Lipinski definition) is 4. The monoisotopic (exact) mass is 355 g/mol. The number of carbonyl (C=O) groups is 2. The first-order valence-corrected chi connectivity index (χ1v) is 9.59. The van der Waals surface area contributed by atoms with Crippen molar-refractivity contribution in [1.29, 1.82) is 0 Å². The number of amides is 1. The molecular weight excluding hydrogens is 330 g/mol. The van der Waals surface area contributed by atoms with Gasteiger partial charge in [0.25, 0.3) is 5.91 Å². The Labute approximate surface area is 153 Å². The summed E-state index contributed by atoms with van der Waals surface area (Å²) in [7, 11) is 0. The number of carbonyl (C=O) groups excluding carboxylic acids is 2. The average Bonchev–Trinajstić information content (AvgIpc) is 3.27. The number of ketones is 1. The normalized spacial score (nSPS) is 20.3. The van der Waals surface area contributed by atoms with Crippen LogP contribution in [-0.2, 0) is 13.0 Å². The van der Waals surface area contributed by atoms with E-state index in [1.807, 2.05) is 28.8 Å². The van der Waals surface area contributed by atoms with Crippen LogP contribution in [0.2, 0.25) is 0 Å². The molecule has 0 spiro atoms. The van der Waals surface area contributed by atoms with Gasteiger partial charge >= 0.3 is 0 Å². The Morgan fingerprint density at radius 3 is 3.00 bits per heavy atom. The molecule has 3 heterocycles. The lowest BCUT2D eigenvalue weighted by atomic mass is 9.91. The van der Waals surface area contributed by atoms with Gasteiger partial charge in [0.15, 0.2) is 5.78 Å². The van der Waals surface area contributed by atoms with Crippen molar-refractivity contribution in [2.24, 2.45) is 0 Å². The molecule has 1 amide bonds. The van der Waals surface area contributed by atoms with Gasteiger partial charge in [0.2, 0.25) is 0 Å². The lowest BCUT2D eigenvalue weighted by Gasteiger charge is -2.36. The standard InChI is InChI=1S/C20H25N3O3/c1-14-18(19-16(24)7-4-8-17(19)26-14)20(25)23-12-3-2-6-15(23)9-13-22-11-5-10-21-22/h5,10-11,15H,2-4,6-9,12-13H2,1H3/t15-/m0/s1. The predicted molar refractivity (Wildman–Crippen MR) is 96.2 cm³/mol. The molecule has 1 aliphatic heterocycles. The van der Waals surface area contributed by atoms with E-state index in [0.717, 1.165) is 51.6 Å². The largest absolute Gasteiger partial charge is 0.465 e.